The molecule has 1 fully saturated rings. The summed E-state index contributed by atoms with van der Waals surface area (Å²) in [6, 6.07) is -4.36. The molecule has 11 nitrogen and oxygen atoms in total. The van der Waals surface area contributed by atoms with Crippen molar-refractivity contribution in [2.24, 2.45) is 11.7 Å². The van der Waals surface area contributed by atoms with Gasteiger partial charge in [0.1, 0.15) is 18.1 Å². The van der Waals surface area contributed by atoms with Gasteiger partial charge in [-0.2, -0.15) is 12.6 Å². The Hall–Kier alpha value is -2.34. The molecule has 0 aromatic heterocycles. The van der Waals surface area contributed by atoms with Crippen molar-refractivity contribution in [3.05, 3.63) is 0 Å². The molecule has 1 heterocycles. The molecule has 6 N–H and O–H groups in total. The maximum atomic E-state index is 12.9. The molecular weight excluding hydrogens is 416 g/mol. The van der Waals surface area contributed by atoms with Crippen LogP contribution in [0.5, 0.6) is 0 Å². The second-order valence-electron chi connectivity index (χ2n) is 7.67. The van der Waals surface area contributed by atoms with Crippen molar-refractivity contribution in [3.63, 3.8) is 0 Å². The molecule has 0 aromatic rings. The van der Waals surface area contributed by atoms with Crippen molar-refractivity contribution < 1.29 is 34.2 Å². The van der Waals surface area contributed by atoms with E-state index >= 15 is 0 Å². The Bertz CT molecular complexity index is 673. The molecule has 4 unspecified atom stereocenters. The van der Waals surface area contributed by atoms with Crippen LogP contribution in [0.2, 0.25) is 0 Å². The summed E-state index contributed by atoms with van der Waals surface area (Å²) in [5.74, 6) is -4.47. The van der Waals surface area contributed by atoms with Gasteiger partial charge in [-0.1, -0.05) is 13.8 Å². The Morgan fingerprint density at radius 2 is 1.77 bits per heavy atom. The van der Waals surface area contributed by atoms with Crippen LogP contribution in [0.15, 0.2) is 0 Å². The van der Waals surface area contributed by atoms with Gasteiger partial charge in [-0.05, 0) is 25.2 Å². The molecule has 1 aliphatic rings. The van der Waals surface area contributed by atoms with E-state index in [0.29, 0.717) is 12.8 Å². The van der Waals surface area contributed by atoms with Crippen LogP contribution in [0.1, 0.15) is 39.5 Å². The number of nitrogens with one attached hydrogen (secondary N) is 2. The molecule has 0 radical (unpaired) electrons. The smallest absolute Gasteiger partial charge is 0.326 e. The Labute approximate surface area is 180 Å². The fraction of sp³-hybridized carbons (Fsp3) is 0.722. The Morgan fingerprint density at radius 3 is 2.27 bits per heavy atom. The highest BCUT2D eigenvalue weighted by molar-refractivity contribution is 7.80. The molecule has 0 saturated carbocycles. The normalized spacial score (nSPS) is 19.1. The number of thiol groups is 1. The molecule has 3 amide bonds. The van der Waals surface area contributed by atoms with Gasteiger partial charge in [-0.3, -0.25) is 19.2 Å². The summed E-state index contributed by atoms with van der Waals surface area (Å²) in [7, 11) is 0. The van der Waals surface area contributed by atoms with Gasteiger partial charge in [0, 0.05) is 12.3 Å². The highest BCUT2D eigenvalue weighted by atomic mass is 32.1. The summed E-state index contributed by atoms with van der Waals surface area (Å²) in [5.41, 5.74) is 5.84. The molecule has 0 spiro atoms. The van der Waals surface area contributed by atoms with Gasteiger partial charge in [0.2, 0.25) is 17.7 Å². The quantitative estimate of drug-likeness (QED) is 0.214. The first kappa shape index (κ1) is 25.7. The fourth-order valence-electron chi connectivity index (χ4n) is 3.22. The topological polar surface area (TPSA) is 179 Å². The van der Waals surface area contributed by atoms with E-state index in [9.17, 15) is 24.0 Å². The van der Waals surface area contributed by atoms with E-state index in [2.05, 4.69) is 23.3 Å². The van der Waals surface area contributed by atoms with E-state index in [1.807, 2.05) is 13.8 Å². The summed E-state index contributed by atoms with van der Waals surface area (Å²) in [6.45, 7) is 4.07. The SMILES string of the molecule is CC(C)CC(N)C(=O)NC(CS)C(=O)N1CCCC1C(=O)NC(CC(=O)O)C(=O)O. The van der Waals surface area contributed by atoms with Gasteiger partial charge in [-0.15, -0.1) is 0 Å². The van der Waals surface area contributed by atoms with Gasteiger partial charge in [0.05, 0.1) is 12.5 Å². The molecule has 1 aliphatic heterocycles. The number of rotatable bonds is 11. The molecule has 1 saturated heterocycles. The summed E-state index contributed by atoms with van der Waals surface area (Å²) in [4.78, 5) is 60.9. The number of hydrogen-bond donors (Lipinski definition) is 6. The van der Waals surface area contributed by atoms with Crippen LogP contribution in [0.25, 0.3) is 0 Å². The van der Waals surface area contributed by atoms with Crippen LogP contribution < -0.4 is 16.4 Å². The van der Waals surface area contributed by atoms with Crippen LogP contribution in [0.3, 0.4) is 0 Å². The van der Waals surface area contributed by atoms with Crippen LogP contribution in [-0.2, 0) is 24.0 Å². The lowest BCUT2D eigenvalue weighted by Crippen LogP contribution is -2.57. The van der Waals surface area contributed by atoms with Crippen molar-refractivity contribution in [1.82, 2.24) is 15.5 Å². The van der Waals surface area contributed by atoms with Gasteiger partial charge in [-0.25, -0.2) is 4.79 Å². The monoisotopic (exact) mass is 446 g/mol. The average Bonchev–Trinajstić information content (AvgIpc) is 3.13. The van der Waals surface area contributed by atoms with Crippen molar-refractivity contribution in [3.8, 4) is 0 Å². The predicted octanol–water partition coefficient (Wildman–Crippen LogP) is -1.19. The zero-order chi connectivity index (χ0) is 23.0. The minimum absolute atomic E-state index is 0.0133. The lowest BCUT2D eigenvalue weighted by Gasteiger charge is -2.29. The van der Waals surface area contributed by atoms with Gasteiger partial charge in [0.15, 0.2) is 0 Å². The average molecular weight is 447 g/mol. The number of carbonyl (C=O) groups excluding carboxylic acids is 3. The predicted molar refractivity (Wildman–Crippen MR) is 110 cm³/mol. The summed E-state index contributed by atoms with van der Waals surface area (Å²) < 4.78 is 0. The third-order valence-corrected chi connectivity index (χ3v) is 5.06. The minimum Gasteiger partial charge on any atom is -0.481 e. The second kappa shape index (κ2) is 11.7. The number of carboxylic acids is 2. The molecule has 170 valence electrons. The number of nitrogens with two attached hydrogens (primary N) is 1. The Morgan fingerprint density at radius 1 is 1.13 bits per heavy atom. The molecular formula is C18H30N4O7S. The first-order chi connectivity index (χ1) is 14.0. The van der Waals surface area contributed by atoms with Crippen LogP contribution >= 0.6 is 12.6 Å². The van der Waals surface area contributed by atoms with Crippen molar-refractivity contribution >= 4 is 42.3 Å². The highest BCUT2D eigenvalue weighted by Crippen LogP contribution is 2.19. The van der Waals surface area contributed by atoms with E-state index in [1.54, 1.807) is 0 Å². The zero-order valence-electron chi connectivity index (χ0n) is 17.0. The standard InChI is InChI=1S/C18H30N4O7S/c1-9(2)6-10(19)15(25)21-12(8-30)17(27)22-5-3-4-13(22)16(26)20-11(18(28)29)7-14(23)24/h9-13,30H,3-8,19H2,1-2H3,(H,20,26)(H,21,25)(H,23,24)(H,28,29). The summed E-state index contributed by atoms with van der Waals surface area (Å²) in [6.07, 6.45) is 0.441. The lowest BCUT2D eigenvalue weighted by atomic mass is 10.0. The van der Waals surface area contributed by atoms with Crippen molar-refractivity contribution in [2.45, 2.75) is 63.7 Å². The number of likely N-dealkylation sites (tertiary alicyclic amines) is 1. The van der Waals surface area contributed by atoms with E-state index in [1.165, 1.54) is 4.90 Å². The molecule has 0 bridgehead atoms. The van der Waals surface area contributed by atoms with E-state index < -0.39 is 60.2 Å². The first-order valence-electron chi connectivity index (χ1n) is 9.70. The van der Waals surface area contributed by atoms with E-state index in [-0.39, 0.29) is 24.6 Å². The van der Waals surface area contributed by atoms with Gasteiger partial charge in [0.25, 0.3) is 0 Å². The number of nitrogens with zero attached hydrogens (tertiary/aromatic N) is 1. The summed E-state index contributed by atoms with van der Waals surface area (Å²) in [5, 5.41) is 22.6. The maximum absolute atomic E-state index is 12.9. The molecule has 1 rings (SSSR count). The van der Waals surface area contributed by atoms with E-state index in [4.69, 9.17) is 15.9 Å². The molecule has 30 heavy (non-hydrogen) atoms. The number of carbonyl (C=O) groups is 5. The third-order valence-electron chi connectivity index (χ3n) is 4.69. The summed E-state index contributed by atoms with van der Waals surface area (Å²) >= 11 is 4.12. The van der Waals surface area contributed by atoms with Gasteiger partial charge < -0.3 is 31.5 Å². The molecule has 0 aliphatic carbocycles. The minimum atomic E-state index is -1.61. The Kier molecular flexibility index (Phi) is 10.1. The van der Waals surface area contributed by atoms with Gasteiger partial charge >= 0.3 is 11.9 Å². The van der Waals surface area contributed by atoms with Crippen molar-refractivity contribution in [2.75, 3.05) is 12.3 Å². The van der Waals surface area contributed by atoms with Crippen molar-refractivity contribution in [1.29, 1.82) is 0 Å². The highest BCUT2D eigenvalue weighted by Gasteiger charge is 2.39. The Balaban J connectivity index is 2.83. The second-order valence-corrected chi connectivity index (χ2v) is 8.03. The maximum Gasteiger partial charge on any atom is 0.326 e. The largest absolute Gasteiger partial charge is 0.481 e. The third kappa shape index (κ3) is 7.48. The zero-order valence-corrected chi connectivity index (χ0v) is 17.9. The van der Waals surface area contributed by atoms with Crippen LogP contribution in [0.4, 0.5) is 0 Å². The first-order valence-corrected chi connectivity index (χ1v) is 10.3. The molecule has 12 heteroatoms. The lowest BCUT2D eigenvalue weighted by molar-refractivity contribution is -0.148. The number of aliphatic carboxylic acids is 2. The van der Waals surface area contributed by atoms with Crippen LogP contribution in [0, 0.1) is 5.92 Å². The number of hydrogen-bond acceptors (Lipinski definition) is 7. The van der Waals surface area contributed by atoms with E-state index in [0.717, 1.165) is 0 Å². The number of amides is 3. The molecule has 0 aromatic carbocycles. The van der Waals surface area contributed by atoms with Crippen LogP contribution in [-0.4, -0.2) is 81.2 Å². The fourth-order valence-corrected chi connectivity index (χ4v) is 3.47. The number of carboxylic acid groups (broad SMARTS) is 2. The molecule has 4 atom stereocenters.